The first-order valence-electron chi connectivity index (χ1n) is 8.68. The number of nitrogens with one attached hydrogen (secondary N) is 1. The fourth-order valence-corrected chi connectivity index (χ4v) is 4.73. The number of aromatic nitrogens is 1. The van der Waals surface area contributed by atoms with Gasteiger partial charge in [-0.1, -0.05) is 25.7 Å². The van der Waals surface area contributed by atoms with Crippen LogP contribution in [0.2, 0.25) is 0 Å². The Morgan fingerprint density at radius 3 is 2.57 bits per heavy atom. The van der Waals surface area contributed by atoms with E-state index in [1.165, 1.54) is 69.5 Å². The normalized spacial score (nSPS) is 24.8. The van der Waals surface area contributed by atoms with Gasteiger partial charge in [-0.05, 0) is 45.7 Å². The monoisotopic (exact) mass is 307 g/mol. The summed E-state index contributed by atoms with van der Waals surface area (Å²) in [5, 5.41) is 7.10. The fourth-order valence-electron chi connectivity index (χ4n) is 4.06. The molecule has 1 atom stereocenters. The molecule has 1 aliphatic heterocycles. The van der Waals surface area contributed by atoms with Gasteiger partial charge in [-0.3, -0.25) is 4.90 Å². The van der Waals surface area contributed by atoms with Gasteiger partial charge >= 0.3 is 0 Å². The SMILES string of the molecule is CC(NCC1(N2CCCCC2)CCCCC1)c1nccs1. The van der Waals surface area contributed by atoms with Gasteiger partial charge in [-0.2, -0.15) is 0 Å². The van der Waals surface area contributed by atoms with Gasteiger partial charge in [-0.25, -0.2) is 4.98 Å². The van der Waals surface area contributed by atoms with E-state index in [1.54, 1.807) is 11.3 Å². The third kappa shape index (κ3) is 3.66. The molecular formula is C17H29N3S. The standard InChI is InChI=1S/C17H29N3S/c1-15(16-18-10-13-21-16)19-14-17(8-4-2-5-9-17)20-11-6-3-7-12-20/h10,13,15,19H,2-9,11-12,14H2,1H3. The zero-order valence-electron chi connectivity index (χ0n) is 13.3. The summed E-state index contributed by atoms with van der Waals surface area (Å²) in [5.74, 6) is 0. The Morgan fingerprint density at radius 2 is 1.90 bits per heavy atom. The Morgan fingerprint density at radius 1 is 1.19 bits per heavy atom. The fraction of sp³-hybridized carbons (Fsp3) is 0.824. The van der Waals surface area contributed by atoms with Crippen LogP contribution in [0.5, 0.6) is 0 Å². The predicted octanol–water partition coefficient (Wildman–Crippen LogP) is 3.98. The lowest BCUT2D eigenvalue weighted by atomic mass is 9.79. The highest BCUT2D eigenvalue weighted by molar-refractivity contribution is 7.09. The summed E-state index contributed by atoms with van der Waals surface area (Å²) < 4.78 is 0. The molecule has 2 fully saturated rings. The van der Waals surface area contributed by atoms with Crippen molar-refractivity contribution >= 4 is 11.3 Å². The van der Waals surface area contributed by atoms with E-state index in [2.05, 4.69) is 27.5 Å². The lowest BCUT2D eigenvalue weighted by Gasteiger charge is -2.49. The van der Waals surface area contributed by atoms with E-state index in [-0.39, 0.29) is 0 Å². The van der Waals surface area contributed by atoms with Crippen molar-refractivity contribution in [2.45, 2.75) is 69.9 Å². The minimum absolute atomic E-state index is 0.383. The second kappa shape index (κ2) is 7.21. The molecule has 21 heavy (non-hydrogen) atoms. The first-order valence-corrected chi connectivity index (χ1v) is 9.56. The maximum Gasteiger partial charge on any atom is 0.109 e. The number of hydrogen-bond donors (Lipinski definition) is 1. The van der Waals surface area contributed by atoms with Crippen LogP contribution in [-0.2, 0) is 0 Å². The van der Waals surface area contributed by atoms with Gasteiger partial charge in [0.1, 0.15) is 5.01 Å². The Kier molecular flexibility index (Phi) is 5.30. The lowest BCUT2D eigenvalue weighted by molar-refractivity contribution is 0.0317. The second-order valence-electron chi connectivity index (χ2n) is 6.81. The van der Waals surface area contributed by atoms with Crippen LogP contribution in [0.1, 0.15) is 69.3 Å². The summed E-state index contributed by atoms with van der Waals surface area (Å²) in [6.45, 7) is 6.01. The van der Waals surface area contributed by atoms with Crippen LogP contribution in [0.4, 0.5) is 0 Å². The minimum Gasteiger partial charge on any atom is -0.306 e. The van der Waals surface area contributed by atoms with Gasteiger partial charge in [0.25, 0.3) is 0 Å². The number of hydrogen-bond acceptors (Lipinski definition) is 4. The van der Waals surface area contributed by atoms with Crippen molar-refractivity contribution in [1.29, 1.82) is 0 Å². The molecule has 0 aromatic carbocycles. The molecule has 0 amide bonds. The van der Waals surface area contributed by atoms with Crippen molar-refractivity contribution in [3.63, 3.8) is 0 Å². The number of piperidine rings is 1. The Balaban J connectivity index is 1.64. The highest BCUT2D eigenvalue weighted by Gasteiger charge is 2.38. The summed E-state index contributed by atoms with van der Waals surface area (Å²) in [7, 11) is 0. The first kappa shape index (κ1) is 15.4. The van der Waals surface area contributed by atoms with Gasteiger partial charge in [0.2, 0.25) is 0 Å². The minimum atomic E-state index is 0.383. The molecule has 2 heterocycles. The molecule has 1 saturated heterocycles. The molecule has 2 aliphatic rings. The topological polar surface area (TPSA) is 28.2 Å². The summed E-state index contributed by atoms with van der Waals surface area (Å²) in [4.78, 5) is 7.27. The van der Waals surface area contributed by atoms with Crippen LogP contribution in [0, 0.1) is 0 Å². The summed E-state index contributed by atoms with van der Waals surface area (Å²) in [5.41, 5.74) is 0.421. The van der Waals surface area contributed by atoms with Crippen LogP contribution in [-0.4, -0.2) is 35.1 Å². The number of rotatable bonds is 5. The molecule has 0 radical (unpaired) electrons. The molecule has 3 nitrogen and oxygen atoms in total. The van der Waals surface area contributed by atoms with E-state index in [0.29, 0.717) is 11.6 Å². The van der Waals surface area contributed by atoms with Gasteiger partial charge in [0.05, 0.1) is 6.04 Å². The largest absolute Gasteiger partial charge is 0.306 e. The maximum absolute atomic E-state index is 4.46. The second-order valence-corrected chi connectivity index (χ2v) is 7.73. The van der Waals surface area contributed by atoms with Crippen molar-refractivity contribution in [2.24, 2.45) is 0 Å². The van der Waals surface area contributed by atoms with Crippen molar-refractivity contribution < 1.29 is 0 Å². The van der Waals surface area contributed by atoms with Gasteiger partial charge < -0.3 is 5.32 Å². The van der Waals surface area contributed by atoms with Gasteiger partial charge in [0.15, 0.2) is 0 Å². The summed E-state index contributed by atoms with van der Waals surface area (Å²) in [6, 6.07) is 0.383. The molecular weight excluding hydrogens is 278 g/mol. The first-order chi connectivity index (χ1) is 10.3. The molecule has 4 heteroatoms. The van der Waals surface area contributed by atoms with E-state index in [0.717, 1.165) is 6.54 Å². The molecule has 1 unspecified atom stereocenters. The van der Waals surface area contributed by atoms with Crippen LogP contribution < -0.4 is 5.32 Å². The van der Waals surface area contributed by atoms with Crippen LogP contribution in [0.25, 0.3) is 0 Å². The van der Waals surface area contributed by atoms with E-state index in [1.807, 2.05) is 6.20 Å². The van der Waals surface area contributed by atoms with Crippen LogP contribution >= 0.6 is 11.3 Å². The molecule has 1 N–H and O–H groups in total. The van der Waals surface area contributed by atoms with E-state index < -0.39 is 0 Å². The zero-order valence-corrected chi connectivity index (χ0v) is 14.1. The molecule has 118 valence electrons. The molecule has 1 aliphatic carbocycles. The molecule has 1 aromatic heterocycles. The number of likely N-dealkylation sites (tertiary alicyclic amines) is 1. The van der Waals surface area contributed by atoms with Gasteiger partial charge in [0, 0.05) is 23.7 Å². The smallest absolute Gasteiger partial charge is 0.109 e. The predicted molar refractivity (Wildman–Crippen MR) is 89.8 cm³/mol. The molecule has 0 bridgehead atoms. The molecule has 1 aromatic rings. The number of thiazole rings is 1. The highest BCUT2D eigenvalue weighted by atomic mass is 32.1. The van der Waals surface area contributed by atoms with Crippen molar-refractivity contribution in [3.05, 3.63) is 16.6 Å². The zero-order chi connectivity index (χ0) is 14.5. The van der Waals surface area contributed by atoms with Crippen LogP contribution in [0.15, 0.2) is 11.6 Å². The summed E-state index contributed by atoms with van der Waals surface area (Å²) >= 11 is 1.76. The third-order valence-electron chi connectivity index (χ3n) is 5.37. The average Bonchev–Trinajstić information content (AvgIpc) is 3.09. The van der Waals surface area contributed by atoms with Crippen LogP contribution in [0.3, 0.4) is 0 Å². The summed E-state index contributed by atoms with van der Waals surface area (Å²) in [6.07, 6.45) is 13.1. The Bertz CT molecular complexity index is 406. The average molecular weight is 308 g/mol. The molecule has 0 spiro atoms. The Labute approximate surface area is 133 Å². The maximum atomic E-state index is 4.46. The number of nitrogens with zero attached hydrogens (tertiary/aromatic N) is 2. The molecule has 1 saturated carbocycles. The van der Waals surface area contributed by atoms with Crippen molar-refractivity contribution in [3.8, 4) is 0 Å². The quantitative estimate of drug-likeness (QED) is 0.892. The van der Waals surface area contributed by atoms with Crippen molar-refractivity contribution in [2.75, 3.05) is 19.6 Å². The van der Waals surface area contributed by atoms with E-state index in [9.17, 15) is 0 Å². The van der Waals surface area contributed by atoms with Gasteiger partial charge in [-0.15, -0.1) is 11.3 Å². The van der Waals surface area contributed by atoms with E-state index >= 15 is 0 Å². The highest BCUT2D eigenvalue weighted by Crippen LogP contribution is 2.35. The van der Waals surface area contributed by atoms with E-state index in [4.69, 9.17) is 0 Å². The van der Waals surface area contributed by atoms with Crippen molar-refractivity contribution in [1.82, 2.24) is 15.2 Å². The lowest BCUT2D eigenvalue weighted by Crippen LogP contribution is -2.57. The Hall–Kier alpha value is -0.450. The molecule has 3 rings (SSSR count). The third-order valence-corrected chi connectivity index (χ3v) is 6.33.